The van der Waals surface area contributed by atoms with Crippen LogP contribution in [0.25, 0.3) is 0 Å². The molecule has 0 bridgehead atoms. The van der Waals surface area contributed by atoms with Gasteiger partial charge in [-0.3, -0.25) is 4.79 Å². The average molecular weight is 284 g/mol. The van der Waals surface area contributed by atoms with Crippen molar-refractivity contribution >= 4 is 11.6 Å². The molecule has 5 nitrogen and oxygen atoms in total. The van der Waals surface area contributed by atoms with Crippen LogP contribution in [0.4, 0.5) is 5.69 Å². The quantitative estimate of drug-likeness (QED) is 0.856. The molecule has 0 aliphatic rings. The number of benzene rings is 1. The molecule has 2 N–H and O–H groups in total. The molecule has 0 saturated heterocycles. The first-order valence-electron chi connectivity index (χ1n) is 7.10. The lowest BCUT2D eigenvalue weighted by molar-refractivity contribution is 0.102. The van der Waals surface area contributed by atoms with Gasteiger partial charge in [0.1, 0.15) is 6.33 Å². The minimum absolute atomic E-state index is 0.208. The van der Waals surface area contributed by atoms with E-state index < -0.39 is 0 Å². The van der Waals surface area contributed by atoms with Crippen LogP contribution in [-0.2, 0) is 0 Å². The molecular weight excluding hydrogens is 264 g/mol. The first kappa shape index (κ1) is 15.1. The van der Waals surface area contributed by atoms with Gasteiger partial charge in [0, 0.05) is 24.1 Å². The zero-order chi connectivity index (χ0) is 15.1. The molecule has 0 aliphatic heterocycles. The Hall–Kier alpha value is -2.27. The number of nitrogens with zero attached hydrogens (tertiary/aromatic N) is 2. The van der Waals surface area contributed by atoms with Crippen LogP contribution < -0.4 is 10.6 Å². The predicted octanol–water partition coefficient (Wildman–Crippen LogP) is 2.79. The number of aromatic nitrogens is 2. The van der Waals surface area contributed by atoms with E-state index in [0.29, 0.717) is 11.6 Å². The topological polar surface area (TPSA) is 66.9 Å². The molecule has 1 aromatic heterocycles. The van der Waals surface area contributed by atoms with Crippen LogP contribution in [0.2, 0.25) is 0 Å². The van der Waals surface area contributed by atoms with Gasteiger partial charge in [-0.05, 0) is 37.6 Å². The first-order chi connectivity index (χ1) is 10.2. The second kappa shape index (κ2) is 7.50. The van der Waals surface area contributed by atoms with E-state index in [1.807, 2.05) is 24.3 Å². The van der Waals surface area contributed by atoms with Crippen molar-refractivity contribution in [1.29, 1.82) is 0 Å². The Kier molecular flexibility index (Phi) is 5.40. The second-order valence-corrected chi connectivity index (χ2v) is 4.88. The van der Waals surface area contributed by atoms with Gasteiger partial charge in [-0.15, -0.1) is 0 Å². The third kappa shape index (κ3) is 4.36. The van der Waals surface area contributed by atoms with Gasteiger partial charge in [-0.1, -0.05) is 19.1 Å². The highest BCUT2D eigenvalue weighted by molar-refractivity contribution is 6.03. The summed E-state index contributed by atoms with van der Waals surface area (Å²) < 4.78 is 0. The molecule has 0 fully saturated rings. The van der Waals surface area contributed by atoms with Crippen LogP contribution in [0.5, 0.6) is 0 Å². The Morgan fingerprint density at radius 2 is 1.86 bits per heavy atom. The zero-order valence-corrected chi connectivity index (χ0v) is 12.3. The molecule has 1 amide bonds. The van der Waals surface area contributed by atoms with Gasteiger partial charge in [0.2, 0.25) is 0 Å². The summed E-state index contributed by atoms with van der Waals surface area (Å²) in [6.45, 7) is 5.27. The number of carbonyl (C=O) groups excluding carboxylic acids is 1. The van der Waals surface area contributed by atoms with Gasteiger partial charge in [0.25, 0.3) is 5.91 Å². The molecule has 1 aromatic carbocycles. The van der Waals surface area contributed by atoms with Crippen LogP contribution in [0.1, 0.15) is 42.2 Å². The lowest BCUT2D eigenvalue weighted by atomic mass is 10.1. The summed E-state index contributed by atoms with van der Waals surface area (Å²) in [7, 11) is 0. The van der Waals surface area contributed by atoms with E-state index >= 15 is 0 Å². The van der Waals surface area contributed by atoms with Gasteiger partial charge < -0.3 is 10.6 Å². The maximum absolute atomic E-state index is 12.0. The normalized spacial score (nSPS) is 11.9. The molecule has 1 unspecified atom stereocenters. The molecule has 2 rings (SSSR count). The highest BCUT2D eigenvalue weighted by atomic mass is 16.1. The fourth-order valence-corrected chi connectivity index (χ4v) is 1.95. The minimum atomic E-state index is -0.208. The molecule has 21 heavy (non-hydrogen) atoms. The summed E-state index contributed by atoms with van der Waals surface area (Å²) >= 11 is 0. The number of amides is 1. The molecule has 1 atom stereocenters. The lowest BCUT2D eigenvalue weighted by Gasteiger charge is -2.14. The summed E-state index contributed by atoms with van der Waals surface area (Å²) in [6.07, 6.45) is 5.49. The van der Waals surface area contributed by atoms with E-state index in [1.165, 1.54) is 24.3 Å². The third-order valence-corrected chi connectivity index (χ3v) is 3.19. The van der Waals surface area contributed by atoms with Crippen molar-refractivity contribution in [2.45, 2.75) is 26.3 Å². The zero-order valence-electron chi connectivity index (χ0n) is 12.3. The van der Waals surface area contributed by atoms with E-state index in [2.05, 4.69) is 34.4 Å². The monoisotopic (exact) mass is 284 g/mol. The average Bonchev–Trinajstić information content (AvgIpc) is 2.54. The van der Waals surface area contributed by atoms with Crippen molar-refractivity contribution in [3.05, 3.63) is 54.1 Å². The summed E-state index contributed by atoms with van der Waals surface area (Å²) in [4.78, 5) is 19.6. The molecule has 0 radical (unpaired) electrons. The number of anilines is 1. The molecule has 1 heterocycles. The predicted molar refractivity (Wildman–Crippen MR) is 83.1 cm³/mol. The largest absolute Gasteiger partial charge is 0.322 e. The van der Waals surface area contributed by atoms with E-state index in [4.69, 9.17) is 0 Å². The van der Waals surface area contributed by atoms with Crippen molar-refractivity contribution in [1.82, 2.24) is 15.3 Å². The number of carbonyl (C=O) groups is 1. The van der Waals surface area contributed by atoms with Gasteiger partial charge in [-0.25, -0.2) is 9.97 Å². The van der Waals surface area contributed by atoms with Crippen LogP contribution in [0.3, 0.4) is 0 Å². The van der Waals surface area contributed by atoms with E-state index in [-0.39, 0.29) is 5.91 Å². The van der Waals surface area contributed by atoms with Crippen molar-refractivity contribution in [3.8, 4) is 0 Å². The Bertz CT molecular complexity index is 569. The Morgan fingerprint density at radius 1 is 1.19 bits per heavy atom. The number of hydrogen-bond donors (Lipinski definition) is 2. The number of hydrogen-bond acceptors (Lipinski definition) is 4. The van der Waals surface area contributed by atoms with Crippen molar-refractivity contribution in [3.63, 3.8) is 0 Å². The van der Waals surface area contributed by atoms with Crippen LogP contribution in [0.15, 0.2) is 43.0 Å². The Labute approximate surface area is 124 Å². The molecule has 0 saturated carbocycles. The number of rotatable bonds is 6. The van der Waals surface area contributed by atoms with E-state index in [9.17, 15) is 4.79 Å². The van der Waals surface area contributed by atoms with Crippen molar-refractivity contribution in [2.24, 2.45) is 0 Å². The van der Waals surface area contributed by atoms with Gasteiger partial charge in [0.15, 0.2) is 0 Å². The summed E-state index contributed by atoms with van der Waals surface area (Å²) in [6, 6.07) is 8.15. The third-order valence-electron chi connectivity index (χ3n) is 3.19. The van der Waals surface area contributed by atoms with Crippen LogP contribution in [0, 0.1) is 0 Å². The maximum Gasteiger partial charge on any atom is 0.258 e. The standard InChI is InChI=1S/C16H20N4O/c1-3-8-19-12(2)13-4-6-15(7-5-13)20-16(21)14-9-17-11-18-10-14/h4-7,9-12,19H,3,8H2,1-2H3,(H,20,21). The van der Waals surface area contributed by atoms with Crippen molar-refractivity contribution in [2.75, 3.05) is 11.9 Å². The minimum Gasteiger partial charge on any atom is -0.322 e. The van der Waals surface area contributed by atoms with Crippen LogP contribution in [-0.4, -0.2) is 22.4 Å². The summed E-state index contributed by atoms with van der Waals surface area (Å²) in [5, 5.41) is 6.26. The fraction of sp³-hybridized carbons (Fsp3) is 0.312. The SMILES string of the molecule is CCCNC(C)c1ccc(NC(=O)c2cncnc2)cc1. The fourth-order valence-electron chi connectivity index (χ4n) is 1.95. The summed E-state index contributed by atoms with van der Waals surface area (Å²) in [5.74, 6) is -0.208. The highest BCUT2D eigenvalue weighted by Gasteiger charge is 2.07. The van der Waals surface area contributed by atoms with E-state index in [1.54, 1.807) is 0 Å². The Balaban J connectivity index is 1.98. The maximum atomic E-state index is 12.0. The van der Waals surface area contributed by atoms with Gasteiger partial charge >= 0.3 is 0 Å². The molecule has 5 heteroatoms. The molecular formula is C16H20N4O. The Morgan fingerprint density at radius 3 is 2.48 bits per heavy atom. The van der Waals surface area contributed by atoms with Gasteiger partial charge in [0.05, 0.1) is 5.56 Å². The highest BCUT2D eigenvalue weighted by Crippen LogP contribution is 2.16. The second-order valence-electron chi connectivity index (χ2n) is 4.88. The first-order valence-corrected chi connectivity index (χ1v) is 7.10. The van der Waals surface area contributed by atoms with E-state index in [0.717, 1.165) is 18.7 Å². The summed E-state index contributed by atoms with van der Waals surface area (Å²) in [5.41, 5.74) is 2.40. The van der Waals surface area contributed by atoms with Gasteiger partial charge in [-0.2, -0.15) is 0 Å². The molecule has 0 aliphatic carbocycles. The molecule has 0 spiro atoms. The smallest absolute Gasteiger partial charge is 0.258 e. The van der Waals surface area contributed by atoms with Crippen molar-refractivity contribution < 1.29 is 4.79 Å². The molecule has 110 valence electrons. The number of nitrogens with one attached hydrogen (secondary N) is 2. The molecule has 2 aromatic rings. The van der Waals surface area contributed by atoms with Crippen LogP contribution >= 0.6 is 0 Å². The lowest BCUT2D eigenvalue weighted by Crippen LogP contribution is -2.19.